The quantitative estimate of drug-likeness (QED) is 0.769. The molecule has 0 bridgehead atoms. The van der Waals surface area contributed by atoms with Crippen LogP contribution in [-0.2, 0) is 19.1 Å². The van der Waals surface area contributed by atoms with Crippen LogP contribution in [0.25, 0.3) is 0 Å². The van der Waals surface area contributed by atoms with Crippen LogP contribution >= 0.6 is 0 Å². The van der Waals surface area contributed by atoms with Gasteiger partial charge in [-0.25, -0.2) is 4.79 Å². The molecule has 120 valence electrons. The number of rotatable bonds is 7. The maximum absolute atomic E-state index is 12.4. The molecule has 1 heterocycles. The molecule has 1 saturated heterocycles. The van der Waals surface area contributed by atoms with Crippen LogP contribution in [0.5, 0.6) is 0 Å². The lowest BCUT2D eigenvalue weighted by Gasteiger charge is -2.30. The van der Waals surface area contributed by atoms with Crippen LogP contribution in [0.1, 0.15) is 46.0 Å². The smallest absolute Gasteiger partial charge is 0.326 e. The average molecular weight is 299 g/mol. The third-order valence-corrected chi connectivity index (χ3v) is 4.12. The molecule has 6 nitrogen and oxygen atoms in total. The van der Waals surface area contributed by atoms with Crippen molar-refractivity contribution in [2.75, 3.05) is 13.2 Å². The average Bonchev–Trinajstić information content (AvgIpc) is 3.30. The van der Waals surface area contributed by atoms with Crippen LogP contribution < -0.4 is 0 Å². The van der Waals surface area contributed by atoms with Gasteiger partial charge in [-0.3, -0.25) is 4.79 Å². The summed E-state index contributed by atoms with van der Waals surface area (Å²) in [6.07, 6.45) is 4.35. The summed E-state index contributed by atoms with van der Waals surface area (Å²) in [5.74, 6) is -1.21. The molecule has 0 aromatic rings. The number of carbonyl (C=O) groups excluding carboxylic acids is 1. The summed E-state index contributed by atoms with van der Waals surface area (Å²) >= 11 is 0. The number of carboxylic acid groups (broad SMARTS) is 1. The molecule has 1 amide bonds. The maximum Gasteiger partial charge on any atom is 0.326 e. The van der Waals surface area contributed by atoms with Gasteiger partial charge in [0.1, 0.15) is 12.1 Å². The van der Waals surface area contributed by atoms with Crippen molar-refractivity contribution in [2.45, 2.75) is 70.2 Å². The van der Waals surface area contributed by atoms with E-state index in [1.54, 1.807) is 13.8 Å². The van der Waals surface area contributed by atoms with Crippen molar-refractivity contribution in [3.8, 4) is 0 Å². The molecule has 1 saturated carbocycles. The van der Waals surface area contributed by atoms with Gasteiger partial charge in [0.2, 0.25) is 0 Å². The number of amides is 1. The van der Waals surface area contributed by atoms with E-state index in [-0.39, 0.29) is 18.1 Å². The summed E-state index contributed by atoms with van der Waals surface area (Å²) < 4.78 is 11.2. The Kier molecular flexibility index (Phi) is 5.58. The van der Waals surface area contributed by atoms with Crippen molar-refractivity contribution < 1.29 is 24.2 Å². The SMILES string of the molecule is CC(OCC1CCCCO1)C(=O)N(C1CC1)C(C)C(=O)O. The molecule has 0 spiro atoms. The van der Waals surface area contributed by atoms with Gasteiger partial charge in [0.05, 0.1) is 12.7 Å². The largest absolute Gasteiger partial charge is 0.480 e. The highest BCUT2D eigenvalue weighted by molar-refractivity contribution is 5.86. The lowest BCUT2D eigenvalue weighted by atomic mass is 10.1. The van der Waals surface area contributed by atoms with Gasteiger partial charge < -0.3 is 19.5 Å². The molecule has 1 aliphatic heterocycles. The first-order chi connectivity index (χ1) is 10.0. The Morgan fingerprint density at radius 1 is 1.29 bits per heavy atom. The Balaban J connectivity index is 1.85. The zero-order valence-electron chi connectivity index (χ0n) is 12.8. The first-order valence-corrected chi connectivity index (χ1v) is 7.79. The molecule has 0 aromatic heterocycles. The minimum Gasteiger partial charge on any atom is -0.480 e. The van der Waals surface area contributed by atoms with E-state index in [9.17, 15) is 9.59 Å². The van der Waals surface area contributed by atoms with Gasteiger partial charge in [0.15, 0.2) is 0 Å². The molecule has 2 aliphatic rings. The van der Waals surface area contributed by atoms with Crippen molar-refractivity contribution in [3.63, 3.8) is 0 Å². The van der Waals surface area contributed by atoms with E-state index in [1.807, 2.05) is 0 Å². The Hall–Kier alpha value is -1.14. The standard InChI is InChI=1S/C15H25NO5/c1-10(15(18)19)16(12-6-7-12)14(17)11(2)21-9-13-5-3-4-8-20-13/h10-13H,3-9H2,1-2H3,(H,18,19). The molecule has 6 heteroatoms. The number of carbonyl (C=O) groups is 2. The fourth-order valence-electron chi connectivity index (χ4n) is 2.63. The molecule has 2 fully saturated rings. The third kappa shape index (κ3) is 4.41. The van der Waals surface area contributed by atoms with Crippen molar-refractivity contribution in [1.82, 2.24) is 4.90 Å². The van der Waals surface area contributed by atoms with Gasteiger partial charge in [-0.2, -0.15) is 0 Å². The maximum atomic E-state index is 12.4. The molecule has 3 atom stereocenters. The lowest BCUT2D eigenvalue weighted by Crippen LogP contribution is -2.49. The first-order valence-electron chi connectivity index (χ1n) is 7.79. The fourth-order valence-corrected chi connectivity index (χ4v) is 2.63. The molecule has 3 unspecified atom stereocenters. The van der Waals surface area contributed by atoms with Crippen molar-refractivity contribution in [2.24, 2.45) is 0 Å². The van der Waals surface area contributed by atoms with Crippen LogP contribution in [-0.4, -0.2) is 59.4 Å². The summed E-state index contributed by atoms with van der Waals surface area (Å²) in [4.78, 5) is 25.1. The van der Waals surface area contributed by atoms with Crippen molar-refractivity contribution >= 4 is 11.9 Å². The predicted molar refractivity (Wildman–Crippen MR) is 76.0 cm³/mol. The lowest BCUT2D eigenvalue weighted by molar-refractivity contribution is -0.157. The number of hydrogen-bond acceptors (Lipinski definition) is 4. The fraction of sp³-hybridized carbons (Fsp3) is 0.867. The molecule has 0 aromatic carbocycles. The van der Waals surface area contributed by atoms with E-state index in [0.717, 1.165) is 38.7 Å². The molecular weight excluding hydrogens is 274 g/mol. The van der Waals surface area contributed by atoms with E-state index in [4.69, 9.17) is 14.6 Å². The third-order valence-electron chi connectivity index (χ3n) is 4.12. The Morgan fingerprint density at radius 3 is 2.52 bits per heavy atom. The van der Waals surface area contributed by atoms with Crippen LogP contribution in [0.15, 0.2) is 0 Å². The van der Waals surface area contributed by atoms with E-state index < -0.39 is 18.1 Å². The van der Waals surface area contributed by atoms with E-state index in [1.165, 1.54) is 4.90 Å². The number of nitrogens with zero attached hydrogens (tertiary/aromatic N) is 1. The number of carboxylic acids is 1. The minimum absolute atomic E-state index is 0.0558. The highest BCUT2D eigenvalue weighted by atomic mass is 16.5. The predicted octanol–water partition coefficient (Wildman–Crippen LogP) is 1.42. The van der Waals surface area contributed by atoms with E-state index in [2.05, 4.69) is 0 Å². The van der Waals surface area contributed by atoms with Crippen LogP contribution in [0, 0.1) is 0 Å². The Labute approximate surface area is 125 Å². The summed E-state index contributed by atoms with van der Waals surface area (Å²) in [6.45, 7) is 4.39. The van der Waals surface area contributed by atoms with Gasteiger partial charge >= 0.3 is 5.97 Å². The zero-order valence-corrected chi connectivity index (χ0v) is 12.8. The van der Waals surface area contributed by atoms with Crippen LogP contribution in [0.3, 0.4) is 0 Å². The van der Waals surface area contributed by atoms with Crippen LogP contribution in [0.2, 0.25) is 0 Å². The van der Waals surface area contributed by atoms with Gasteiger partial charge in [0.25, 0.3) is 5.91 Å². The first kappa shape index (κ1) is 16.2. The Morgan fingerprint density at radius 2 is 2.00 bits per heavy atom. The minimum atomic E-state index is -0.974. The summed E-state index contributed by atoms with van der Waals surface area (Å²) in [5, 5.41) is 9.14. The van der Waals surface area contributed by atoms with Crippen molar-refractivity contribution in [3.05, 3.63) is 0 Å². The monoisotopic (exact) mass is 299 g/mol. The molecule has 1 aliphatic carbocycles. The molecular formula is C15H25NO5. The highest BCUT2D eigenvalue weighted by Crippen LogP contribution is 2.29. The summed E-state index contributed by atoms with van der Waals surface area (Å²) in [6, 6.07) is -0.748. The summed E-state index contributed by atoms with van der Waals surface area (Å²) in [5.41, 5.74) is 0. The van der Waals surface area contributed by atoms with E-state index in [0.29, 0.717) is 6.61 Å². The van der Waals surface area contributed by atoms with Crippen molar-refractivity contribution in [1.29, 1.82) is 0 Å². The normalized spacial score (nSPS) is 25.1. The highest BCUT2D eigenvalue weighted by Gasteiger charge is 2.40. The van der Waals surface area contributed by atoms with Gasteiger partial charge in [-0.15, -0.1) is 0 Å². The van der Waals surface area contributed by atoms with Crippen LogP contribution in [0.4, 0.5) is 0 Å². The summed E-state index contributed by atoms with van der Waals surface area (Å²) in [7, 11) is 0. The second-order valence-electron chi connectivity index (χ2n) is 5.96. The molecule has 2 rings (SSSR count). The zero-order chi connectivity index (χ0) is 15.4. The van der Waals surface area contributed by atoms with E-state index >= 15 is 0 Å². The topological polar surface area (TPSA) is 76.1 Å². The van der Waals surface area contributed by atoms with Gasteiger partial charge in [-0.05, 0) is 46.0 Å². The van der Waals surface area contributed by atoms with Gasteiger partial charge in [0, 0.05) is 12.6 Å². The molecule has 0 radical (unpaired) electrons. The molecule has 1 N–H and O–H groups in total. The second-order valence-corrected chi connectivity index (χ2v) is 5.96. The number of hydrogen-bond donors (Lipinski definition) is 1. The second kappa shape index (κ2) is 7.22. The number of ether oxygens (including phenoxy) is 2. The Bertz CT molecular complexity index is 376. The van der Waals surface area contributed by atoms with Gasteiger partial charge in [-0.1, -0.05) is 0 Å². The number of aliphatic carboxylic acids is 1. The molecule has 21 heavy (non-hydrogen) atoms.